The predicted molar refractivity (Wildman–Crippen MR) is 110 cm³/mol. The minimum Gasteiger partial charge on any atom is -0.352 e. The van der Waals surface area contributed by atoms with Crippen LogP contribution in [0.1, 0.15) is 56.1 Å². The average Bonchev–Trinajstić information content (AvgIpc) is 2.95. The van der Waals surface area contributed by atoms with Gasteiger partial charge in [0.05, 0.1) is 0 Å². The summed E-state index contributed by atoms with van der Waals surface area (Å²) in [5, 5.41) is 3.43. The van der Waals surface area contributed by atoms with Crippen LogP contribution in [0.25, 0.3) is 0 Å². The molecule has 1 N–H and O–H groups in total. The van der Waals surface area contributed by atoms with Crippen molar-refractivity contribution in [3.8, 4) is 0 Å². The van der Waals surface area contributed by atoms with Gasteiger partial charge in [-0.15, -0.1) is 0 Å². The zero-order chi connectivity index (χ0) is 18.9. The zero-order valence-corrected chi connectivity index (χ0v) is 16.4. The Labute approximate surface area is 162 Å². The number of nitrogens with zero attached hydrogens (tertiary/aromatic N) is 1. The van der Waals surface area contributed by atoms with Gasteiger partial charge in [0.25, 0.3) is 0 Å². The van der Waals surface area contributed by atoms with E-state index in [9.17, 15) is 4.79 Å². The number of amides is 1. The van der Waals surface area contributed by atoms with Gasteiger partial charge in [-0.2, -0.15) is 0 Å². The van der Waals surface area contributed by atoms with Crippen LogP contribution in [0.15, 0.2) is 60.7 Å². The Bertz CT molecular complexity index is 720. The smallest absolute Gasteiger partial charge is 0.222 e. The number of hydrogen-bond donors (Lipinski definition) is 1. The van der Waals surface area contributed by atoms with Crippen molar-refractivity contribution in [2.45, 2.75) is 56.5 Å². The highest BCUT2D eigenvalue weighted by Gasteiger charge is 2.53. The van der Waals surface area contributed by atoms with Gasteiger partial charge >= 0.3 is 0 Å². The first-order chi connectivity index (χ1) is 13.2. The second-order valence-electron chi connectivity index (χ2n) is 8.11. The molecule has 1 aliphatic carbocycles. The second kappa shape index (κ2) is 7.47. The van der Waals surface area contributed by atoms with E-state index in [-0.39, 0.29) is 17.5 Å². The van der Waals surface area contributed by atoms with E-state index in [1.807, 2.05) is 0 Å². The molecule has 2 unspecified atom stereocenters. The lowest BCUT2D eigenvalue weighted by molar-refractivity contribution is -0.123. The fraction of sp³-hybridized carbons (Fsp3) is 0.458. The molecule has 0 radical (unpaired) electrons. The lowest BCUT2D eigenvalue weighted by Crippen LogP contribution is -2.54. The lowest BCUT2D eigenvalue weighted by Gasteiger charge is -2.51. The van der Waals surface area contributed by atoms with Crippen LogP contribution in [0.3, 0.4) is 0 Å². The quantitative estimate of drug-likeness (QED) is 0.859. The standard InChI is InChI=1S/C24H30N2O/c1-3-26(4-2)24-15-20(18-11-7-5-8-12-18)23(25-22(27)17-24)21(16-24)19-13-9-6-10-14-19/h5-14,20-21,23H,3-4,15-17H2,1-2H3,(H,25,27). The summed E-state index contributed by atoms with van der Waals surface area (Å²) >= 11 is 0. The molecule has 27 heavy (non-hydrogen) atoms. The van der Waals surface area contributed by atoms with Crippen LogP contribution in [0.2, 0.25) is 0 Å². The first kappa shape index (κ1) is 18.2. The summed E-state index contributed by atoms with van der Waals surface area (Å²) in [7, 11) is 0. The molecule has 2 aromatic rings. The second-order valence-corrected chi connectivity index (χ2v) is 8.11. The monoisotopic (exact) mass is 362 g/mol. The number of nitrogens with one attached hydrogen (secondary N) is 1. The zero-order valence-electron chi connectivity index (χ0n) is 16.4. The molecular formula is C24H30N2O. The van der Waals surface area contributed by atoms with Crippen molar-refractivity contribution in [3.63, 3.8) is 0 Å². The van der Waals surface area contributed by atoms with Gasteiger partial charge in [-0.05, 0) is 37.1 Å². The molecule has 0 spiro atoms. The molecule has 3 nitrogen and oxygen atoms in total. The van der Waals surface area contributed by atoms with Gasteiger partial charge in [-0.1, -0.05) is 74.5 Å². The Kier molecular flexibility index (Phi) is 5.05. The van der Waals surface area contributed by atoms with Gasteiger partial charge in [0.2, 0.25) is 5.91 Å². The molecule has 1 amide bonds. The molecule has 2 atom stereocenters. The van der Waals surface area contributed by atoms with Crippen molar-refractivity contribution in [3.05, 3.63) is 71.8 Å². The Morgan fingerprint density at radius 3 is 1.81 bits per heavy atom. The summed E-state index contributed by atoms with van der Waals surface area (Å²) < 4.78 is 0. The van der Waals surface area contributed by atoms with Crippen LogP contribution in [-0.2, 0) is 4.79 Å². The van der Waals surface area contributed by atoms with E-state index in [0.29, 0.717) is 18.3 Å². The van der Waals surface area contributed by atoms with Crippen LogP contribution < -0.4 is 5.32 Å². The highest BCUT2D eigenvalue weighted by atomic mass is 16.1. The maximum atomic E-state index is 12.9. The van der Waals surface area contributed by atoms with Gasteiger partial charge in [-0.25, -0.2) is 0 Å². The van der Waals surface area contributed by atoms with Crippen LogP contribution in [-0.4, -0.2) is 35.5 Å². The van der Waals surface area contributed by atoms with E-state index in [1.54, 1.807) is 0 Å². The molecule has 2 bridgehead atoms. The third kappa shape index (κ3) is 3.29. The number of carbonyl (C=O) groups excluding carboxylic acids is 1. The van der Waals surface area contributed by atoms with E-state index in [2.05, 4.69) is 84.7 Å². The lowest BCUT2D eigenvalue weighted by atomic mass is 9.63. The number of hydrogen-bond acceptors (Lipinski definition) is 2. The Balaban J connectivity index is 1.84. The number of fused-ring (bicyclic) bond motifs is 4. The van der Waals surface area contributed by atoms with Crippen LogP contribution in [0, 0.1) is 0 Å². The van der Waals surface area contributed by atoms with Gasteiger partial charge in [0.15, 0.2) is 0 Å². The molecule has 142 valence electrons. The Morgan fingerprint density at radius 1 is 0.889 bits per heavy atom. The molecule has 3 fully saturated rings. The first-order valence-electron chi connectivity index (χ1n) is 10.3. The SMILES string of the molecule is CCN(CC)C12CC(=O)NC(C(c3ccccc3)C1)C(c1ccccc1)C2. The molecule has 0 aromatic heterocycles. The third-order valence-corrected chi connectivity index (χ3v) is 6.77. The topological polar surface area (TPSA) is 32.3 Å². The van der Waals surface area contributed by atoms with Crippen LogP contribution >= 0.6 is 0 Å². The van der Waals surface area contributed by atoms with E-state index in [4.69, 9.17) is 0 Å². The van der Waals surface area contributed by atoms with E-state index < -0.39 is 0 Å². The maximum absolute atomic E-state index is 12.9. The largest absolute Gasteiger partial charge is 0.352 e. The normalized spacial score (nSPS) is 30.2. The molecule has 3 aliphatic rings. The average molecular weight is 363 g/mol. The summed E-state index contributed by atoms with van der Waals surface area (Å²) in [5.41, 5.74) is 2.63. The number of carbonyl (C=O) groups is 1. The van der Waals surface area contributed by atoms with E-state index in [0.717, 1.165) is 25.9 Å². The molecule has 5 rings (SSSR count). The third-order valence-electron chi connectivity index (χ3n) is 6.77. The van der Waals surface area contributed by atoms with E-state index >= 15 is 0 Å². The summed E-state index contributed by atoms with van der Waals surface area (Å²) in [6.45, 7) is 6.42. The summed E-state index contributed by atoms with van der Waals surface area (Å²) in [6.07, 6.45) is 2.70. The summed E-state index contributed by atoms with van der Waals surface area (Å²) in [5.74, 6) is 0.901. The maximum Gasteiger partial charge on any atom is 0.222 e. The van der Waals surface area contributed by atoms with Gasteiger partial charge in [0, 0.05) is 29.8 Å². The van der Waals surface area contributed by atoms with Crippen molar-refractivity contribution in [1.29, 1.82) is 0 Å². The first-order valence-corrected chi connectivity index (χ1v) is 10.3. The summed E-state index contributed by atoms with van der Waals surface area (Å²) in [6, 6.07) is 21.7. The molecule has 2 aromatic carbocycles. The molecule has 2 heterocycles. The van der Waals surface area contributed by atoms with Crippen LogP contribution in [0.5, 0.6) is 0 Å². The molecule has 3 heteroatoms. The van der Waals surface area contributed by atoms with E-state index in [1.165, 1.54) is 11.1 Å². The van der Waals surface area contributed by atoms with Gasteiger partial charge in [-0.3, -0.25) is 9.69 Å². The highest BCUT2D eigenvalue weighted by molar-refractivity contribution is 5.79. The van der Waals surface area contributed by atoms with Gasteiger partial charge in [0.1, 0.15) is 0 Å². The summed E-state index contributed by atoms with van der Waals surface area (Å²) in [4.78, 5) is 15.4. The van der Waals surface area contributed by atoms with Crippen molar-refractivity contribution < 1.29 is 4.79 Å². The fourth-order valence-electron chi connectivity index (χ4n) is 5.63. The predicted octanol–water partition coefficient (Wildman–Crippen LogP) is 4.32. The minimum atomic E-state index is -0.0679. The fourth-order valence-corrected chi connectivity index (χ4v) is 5.63. The van der Waals surface area contributed by atoms with Crippen molar-refractivity contribution in [2.75, 3.05) is 13.1 Å². The number of rotatable bonds is 5. The van der Waals surface area contributed by atoms with Crippen molar-refractivity contribution in [2.24, 2.45) is 0 Å². The Morgan fingerprint density at radius 2 is 1.37 bits per heavy atom. The van der Waals surface area contributed by atoms with Crippen molar-refractivity contribution >= 4 is 5.91 Å². The van der Waals surface area contributed by atoms with Crippen LogP contribution in [0.4, 0.5) is 0 Å². The highest BCUT2D eigenvalue weighted by Crippen LogP contribution is 2.51. The molecular weight excluding hydrogens is 332 g/mol. The van der Waals surface area contributed by atoms with Crippen molar-refractivity contribution in [1.82, 2.24) is 10.2 Å². The minimum absolute atomic E-state index is 0.0679. The molecule has 1 saturated carbocycles. The Hall–Kier alpha value is -2.13. The molecule has 2 aliphatic heterocycles. The molecule has 2 saturated heterocycles. The van der Waals surface area contributed by atoms with Gasteiger partial charge < -0.3 is 5.32 Å². The number of benzene rings is 2.